The number of carbonyl (C=O) groups excluding carboxylic acids is 2. The Balaban J connectivity index is 1.59. The van der Waals surface area contributed by atoms with E-state index in [0.717, 1.165) is 44.2 Å². The number of rotatable bonds is 3. The molecule has 2 atom stereocenters. The zero-order chi connectivity index (χ0) is 15.0. The van der Waals surface area contributed by atoms with Crippen molar-refractivity contribution >= 4 is 11.8 Å². The first-order valence-electron chi connectivity index (χ1n) is 8.69. The Morgan fingerprint density at radius 3 is 2.43 bits per heavy atom. The van der Waals surface area contributed by atoms with Gasteiger partial charge in [0.25, 0.3) is 0 Å². The molecule has 3 aliphatic rings. The lowest BCUT2D eigenvalue weighted by atomic mass is 9.81. The molecule has 21 heavy (non-hydrogen) atoms. The Labute approximate surface area is 127 Å². The van der Waals surface area contributed by atoms with Gasteiger partial charge in [0.1, 0.15) is 12.1 Å². The van der Waals surface area contributed by atoms with E-state index in [1.807, 2.05) is 16.7 Å². The van der Waals surface area contributed by atoms with Crippen molar-refractivity contribution in [2.45, 2.75) is 70.9 Å². The average molecular weight is 292 g/mol. The molecule has 4 heteroatoms. The molecule has 0 N–H and O–H groups in total. The van der Waals surface area contributed by atoms with Gasteiger partial charge in [-0.15, -0.1) is 0 Å². The van der Waals surface area contributed by atoms with E-state index in [1.165, 1.54) is 25.7 Å². The SMILES string of the molecule is CC1CCC(CCN2C(=O)C3CCCN3C(=O)C2C)CC1. The Bertz CT molecular complexity index is 415. The maximum Gasteiger partial charge on any atom is 0.246 e. The van der Waals surface area contributed by atoms with E-state index in [2.05, 4.69) is 6.92 Å². The second-order valence-corrected chi connectivity index (χ2v) is 7.31. The molecule has 0 bridgehead atoms. The Morgan fingerprint density at radius 2 is 1.71 bits per heavy atom. The second kappa shape index (κ2) is 5.98. The van der Waals surface area contributed by atoms with Crippen LogP contribution in [0.25, 0.3) is 0 Å². The molecule has 4 nitrogen and oxygen atoms in total. The number of amides is 2. The van der Waals surface area contributed by atoms with Crippen molar-refractivity contribution in [3.05, 3.63) is 0 Å². The van der Waals surface area contributed by atoms with Gasteiger partial charge in [-0.1, -0.05) is 32.6 Å². The third kappa shape index (κ3) is 2.82. The molecular weight excluding hydrogens is 264 g/mol. The summed E-state index contributed by atoms with van der Waals surface area (Å²) < 4.78 is 0. The molecular formula is C17H28N2O2. The minimum absolute atomic E-state index is 0.153. The summed E-state index contributed by atoms with van der Waals surface area (Å²) in [5.74, 6) is 1.97. The van der Waals surface area contributed by atoms with Crippen LogP contribution in [-0.4, -0.2) is 46.8 Å². The largest absolute Gasteiger partial charge is 0.329 e. The number of fused-ring (bicyclic) bond motifs is 1. The average Bonchev–Trinajstić information content (AvgIpc) is 2.96. The predicted molar refractivity (Wildman–Crippen MR) is 81.6 cm³/mol. The number of nitrogens with zero attached hydrogens (tertiary/aromatic N) is 2. The summed E-state index contributed by atoms with van der Waals surface area (Å²) in [5, 5.41) is 0. The van der Waals surface area contributed by atoms with Gasteiger partial charge in [0, 0.05) is 13.1 Å². The summed E-state index contributed by atoms with van der Waals surface area (Å²) in [6, 6.07) is -0.408. The van der Waals surface area contributed by atoms with Crippen LogP contribution in [-0.2, 0) is 9.59 Å². The predicted octanol–water partition coefficient (Wildman–Crippen LogP) is 2.42. The van der Waals surface area contributed by atoms with E-state index in [1.54, 1.807) is 0 Å². The third-order valence-corrected chi connectivity index (χ3v) is 5.84. The van der Waals surface area contributed by atoms with E-state index in [9.17, 15) is 9.59 Å². The van der Waals surface area contributed by atoms with Gasteiger partial charge in [-0.05, 0) is 38.0 Å². The standard InChI is InChI=1S/C17H28N2O2/c1-12-5-7-14(8-6-12)9-11-18-13(2)16(20)19-10-3-4-15(19)17(18)21/h12-15H,3-11H2,1-2H3. The minimum atomic E-state index is -0.255. The number of piperazine rings is 1. The quantitative estimate of drug-likeness (QED) is 0.801. The lowest BCUT2D eigenvalue weighted by Gasteiger charge is -2.41. The van der Waals surface area contributed by atoms with Crippen LogP contribution in [0, 0.1) is 11.8 Å². The fourth-order valence-electron chi connectivity index (χ4n) is 4.29. The van der Waals surface area contributed by atoms with Crippen molar-refractivity contribution in [3.63, 3.8) is 0 Å². The highest BCUT2D eigenvalue weighted by atomic mass is 16.2. The molecule has 1 saturated carbocycles. The van der Waals surface area contributed by atoms with E-state index in [0.29, 0.717) is 0 Å². The maximum atomic E-state index is 12.6. The fourth-order valence-corrected chi connectivity index (χ4v) is 4.29. The Morgan fingerprint density at radius 1 is 1.00 bits per heavy atom. The minimum Gasteiger partial charge on any atom is -0.329 e. The third-order valence-electron chi connectivity index (χ3n) is 5.84. The van der Waals surface area contributed by atoms with Gasteiger partial charge >= 0.3 is 0 Å². The van der Waals surface area contributed by atoms with Crippen LogP contribution in [0.3, 0.4) is 0 Å². The summed E-state index contributed by atoms with van der Waals surface area (Å²) in [7, 11) is 0. The molecule has 2 unspecified atom stereocenters. The highest BCUT2D eigenvalue weighted by Gasteiger charge is 2.45. The van der Waals surface area contributed by atoms with Crippen molar-refractivity contribution in [2.24, 2.45) is 11.8 Å². The molecule has 0 aromatic rings. The van der Waals surface area contributed by atoms with E-state index in [4.69, 9.17) is 0 Å². The molecule has 3 rings (SSSR count). The molecule has 1 aliphatic carbocycles. The van der Waals surface area contributed by atoms with Gasteiger partial charge in [0.15, 0.2) is 0 Å². The van der Waals surface area contributed by atoms with Crippen LogP contribution in [0.15, 0.2) is 0 Å². The lowest BCUT2D eigenvalue weighted by molar-refractivity contribution is -0.158. The Kier molecular flexibility index (Phi) is 4.23. The summed E-state index contributed by atoms with van der Waals surface area (Å²) in [4.78, 5) is 28.7. The van der Waals surface area contributed by atoms with Gasteiger partial charge in [-0.25, -0.2) is 0 Å². The van der Waals surface area contributed by atoms with E-state index >= 15 is 0 Å². The summed E-state index contributed by atoms with van der Waals surface area (Å²) >= 11 is 0. The Hall–Kier alpha value is -1.06. The monoisotopic (exact) mass is 292 g/mol. The van der Waals surface area contributed by atoms with Gasteiger partial charge in [0.2, 0.25) is 11.8 Å². The summed E-state index contributed by atoms with van der Waals surface area (Å²) in [5.41, 5.74) is 0. The molecule has 0 spiro atoms. The summed E-state index contributed by atoms with van der Waals surface area (Å²) in [6.07, 6.45) is 8.13. The first kappa shape index (κ1) is 14.9. The molecule has 0 aromatic heterocycles. The first-order valence-corrected chi connectivity index (χ1v) is 8.69. The molecule has 2 aliphatic heterocycles. The van der Waals surface area contributed by atoms with E-state index < -0.39 is 0 Å². The van der Waals surface area contributed by atoms with Crippen molar-refractivity contribution in [2.75, 3.05) is 13.1 Å². The van der Waals surface area contributed by atoms with E-state index in [-0.39, 0.29) is 23.9 Å². The van der Waals surface area contributed by atoms with Crippen molar-refractivity contribution in [1.82, 2.24) is 9.80 Å². The van der Waals surface area contributed by atoms with Crippen LogP contribution < -0.4 is 0 Å². The molecule has 3 fully saturated rings. The highest BCUT2D eigenvalue weighted by molar-refractivity contribution is 5.97. The van der Waals surface area contributed by atoms with Crippen LogP contribution in [0.5, 0.6) is 0 Å². The van der Waals surface area contributed by atoms with Crippen LogP contribution in [0.2, 0.25) is 0 Å². The first-order chi connectivity index (χ1) is 10.1. The van der Waals surface area contributed by atoms with Crippen molar-refractivity contribution < 1.29 is 9.59 Å². The van der Waals surface area contributed by atoms with Gasteiger partial charge in [0.05, 0.1) is 0 Å². The van der Waals surface area contributed by atoms with Crippen LogP contribution in [0.4, 0.5) is 0 Å². The molecule has 0 aromatic carbocycles. The van der Waals surface area contributed by atoms with Crippen molar-refractivity contribution in [3.8, 4) is 0 Å². The maximum absolute atomic E-state index is 12.6. The van der Waals surface area contributed by atoms with Crippen LogP contribution >= 0.6 is 0 Å². The second-order valence-electron chi connectivity index (χ2n) is 7.31. The molecule has 118 valence electrons. The lowest BCUT2D eigenvalue weighted by Crippen LogP contribution is -2.62. The van der Waals surface area contributed by atoms with Gasteiger partial charge in [-0.3, -0.25) is 9.59 Å². The molecule has 2 heterocycles. The fraction of sp³-hybridized carbons (Fsp3) is 0.882. The highest BCUT2D eigenvalue weighted by Crippen LogP contribution is 2.32. The van der Waals surface area contributed by atoms with Gasteiger partial charge in [-0.2, -0.15) is 0 Å². The molecule has 2 saturated heterocycles. The molecule has 0 radical (unpaired) electrons. The summed E-state index contributed by atoms with van der Waals surface area (Å²) in [6.45, 7) is 5.78. The number of carbonyl (C=O) groups is 2. The zero-order valence-corrected chi connectivity index (χ0v) is 13.4. The molecule has 2 amide bonds. The van der Waals surface area contributed by atoms with Gasteiger partial charge < -0.3 is 9.80 Å². The smallest absolute Gasteiger partial charge is 0.246 e. The van der Waals surface area contributed by atoms with Crippen LogP contribution in [0.1, 0.15) is 58.8 Å². The number of hydrogen-bond donors (Lipinski definition) is 0. The zero-order valence-electron chi connectivity index (χ0n) is 13.4. The number of hydrogen-bond acceptors (Lipinski definition) is 2. The topological polar surface area (TPSA) is 40.6 Å². The van der Waals surface area contributed by atoms with Crippen molar-refractivity contribution in [1.29, 1.82) is 0 Å². The normalized spacial score (nSPS) is 37.0.